The number of nitrogens with one attached hydrogen (secondary N) is 2. The second-order valence-corrected chi connectivity index (χ2v) is 6.37. The van der Waals surface area contributed by atoms with Crippen molar-refractivity contribution in [3.63, 3.8) is 0 Å². The lowest BCUT2D eigenvalue weighted by atomic mass is 10.3. The van der Waals surface area contributed by atoms with Crippen molar-refractivity contribution < 1.29 is 19.0 Å². The van der Waals surface area contributed by atoms with Crippen LogP contribution in [0.3, 0.4) is 0 Å². The van der Waals surface area contributed by atoms with Gasteiger partial charge < -0.3 is 24.8 Å². The molecule has 30 heavy (non-hydrogen) atoms. The minimum absolute atomic E-state index is 0.111. The van der Waals surface area contributed by atoms with Gasteiger partial charge in [-0.1, -0.05) is 36.4 Å². The predicted molar refractivity (Wildman–Crippen MR) is 119 cm³/mol. The van der Waals surface area contributed by atoms with Crippen molar-refractivity contribution in [3.8, 4) is 17.2 Å². The highest BCUT2D eigenvalue weighted by atomic mass is 16.5. The third-order valence-electron chi connectivity index (χ3n) is 4.11. The lowest BCUT2D eigenvalue weighted by Crippen LogP contribution is -2.22. The molecule has 6 nitrogen and oxygen atoms in total. The lowest BCUT2D eigenvalue weighted by Gasteiger charge is -2.14. The van der Waals surface area contributed by atoms with Crippen LogP contribution in [-0.2, 0) is 4.79 Å². The largest absolute Gasteiger partial charge is 0.494 e. The molecular weight excluding hydrogens is 380 g/mol. The van der Waals surface area contributed by atoms with Crippen LogP contribution in [0.2, 0.25) is 0 Å². The number of carbonyl (C=O) groups is 1. The van der Waals surface area contributed by atoms with E-state index in [1.54, 1.807) is 6.07 Å². The van der Waals surface area contributed by atoms with E-state index in [0.29, 0.717) is 31.3 Å². The molecule has 0 unspecified atom stereocenters. The fourth-order valence-electron chi connectivity index (χ4n) is 2.78. The van der Waals surface area contributed by atoms with E-state index in [9.17, 15) is 4.79 Å². The molecule has 0 aliphatic rings. The highest BCUT2D eigenvalue weighted by Gasteiger charge is 2.07. The Morgan fingerprint density at radius 1 is 0.800 bits per heavy atom. The molecule has 1 amide bonds. The minimum atomic E-state index is -0.161. The standard InChI is InChI=1S/C24H26N2O4/c1-2-28-21-12-8-9-19(17-21)26-24(27)18-25-22-13-6-7-14-23(22)30-16-15-29-20-10-4-3-5-11-20/h3-14,17,25H,2,15-16,18H2,1H3,(H,26,27). The molecule has 6 heteroatoms. The molecule has 2 N–H and O–H groups in total. The molecule has 0 fully saturated rings. The van der Waals surface area contributed by atoms with Crippen LogP contribution in [0.5, 0.6) is 17.2 Å². The summed E-state index contributed by atoms with van der Waals surface area (Å²) in [5, 5.41) is 5.98. The van der Waals surface area contributed by atoms with Crippen LogP contribution in [0, 0.1) is 0 Å². The second-order valence-electron chi connectivity index (χ2n) is 6.37. The first-order chi connectivity index (χ1) is 14.7. The molecule has 3 rings (SSSR count). The molecule has 156 valence electrons. The summed E-state index contributed by atoms with van der Waals surface area (Å²) >= 11 is 0. The Morgan fingerprint density at radius 2 is 1.53 bits per heavy atom. The smallest absolute Gasteiger partial charge is 0.243 e. The van der Waals surface area contributed by atoms with Gasteiger partial charge in [0.1, 0.15) is 30.5 Å². The van der Waals surface area contributed by atoms with Crippen molar-refractivity contribution in [3.05, 3.63) is 78.9 Å². The van der Waals surface area contributed by atoms with Gasteiger partial charge in [-0.2, -0.15) is 0 Å². The van der Waals surface area contributed by atoms with Gasteiger partial charge in [0.05, 0.1) is 18.8 Å². The van der Waals surface area contributed by atoms with Crippen molar-refractivity contribution in [1.29, 1.82) is 0 Å². The van der Waals surface area contributed by atoms with Gasteiger partial charge >= 0.3 is 0 Å². The molecule has 0 radical (unpaired) electrons. The first kappa shape index (κ1) is 21.0. The van der Waals surface area contributed by atoms with Crippen LogP contribution < -0.4 is 24.8 Å². The lowest BCUT2D eigenvalue weighted by molar-refractivity contribution is -0.114. The van der Waals surface area contributed by atoms with Gasteiger partial charge in [-0.05, 0) is 43.3 Å². The third-order valence-corrected chi connectivity index (χ3v) is 4.11. The minimum Gasteiger partial charge on any atom is -0.494 e. The van der Waals surface area contributed by atoms with Gasteiger partial charge in [-0.3, -0.25) is 4.79 Å². The number of hydrogen-bond acceptors (Lipinski definition) is 5. The molecule has 3 aromatic rings. The predicted octanol–water partition coefficient (Wildman–Crippen LogP) is 4.59. The molecule has 0 aromatic heterocycles. The fraction of sp³-hybridized carbons (Fsp3) is 0.208. The van der Waals surface area contributed by atoms with Crippen LogP contribution >= 0.6 is 0 Å². The number of anilines is 2. The van der Waals surface area contributed by atoms with Crippen molar-refractivity contribution in [2.75, 3.05) is 37.0 Å². The molecule has 0 spiro atoms. The molecule has 0 aliphatic heterocycles. The highest BCUT2D eigenvalue weighted by Crippen LogP contribution is 2.23. The zero-order valence-electron chi connectivity index (χ0n) is 17.0. The Kier molecular flexibility index (Phi) is 7.97. The summed E-state index contributed by atoms with van der Waals surface area (Å²) < 4.78 is 16.9. The molecule has 0 saturated carbocycles. The van der Waals surface area contributed by atoms with Gasteiger partial charge in [0.2, 0.25) is 5.91 Å². The fourth-order valence-corrected chi connectivity index (χ4v) is 2.78. The summed E-state index contributed by atoms with van der Waals surface area (Å²) in [7, 11) is 0. The average Bonchev–Trinajstić information content (AvgIpc) is 2.77. The maximum atomic E-state index is 12.3. The maximum absolute atomic E-state index is 12.3. The van der Waals surface area contributed by atoms with Gasteiger partial charge in [-0.15, -0.1) is 0 Å². The van der Waals surface area contributed by atoms with Gasteiger partial charge in [0.25, 0.3) is 0 Å². The normalized spacial score (nSPS) is 10.2. The maximum Gasteiger partial charge on any atom is 0.243 e. The van der Waals surface area contributed by atoms with E-state index in [-0.39, 0.29) is 12.5 Å². The highest BCUT2D eigenvalue weighted by molar-refractivity contribution is 5.94. The molecular formula is C24H26N2O4. The first-order valence-electron chi connectivity index (χ1n) is 9.91. The summed E-state index contributed by atoms with van der Waals surface area (Å²) in [6.07, 6.45) is 0. The quantitative estimate of drug-likeness (QED) is 0.456. The summed E-state index contributed by atoms with van der Waals surface area (Å²) in [5.41, 5.74) is 1.44. The first-order valence-corrected chi connectivity index (χ1v) is 9.91. The van der Waals surface area contributed by atoms with Crippen LogP contribution in [0.1, 0.15) is 6.92 Å². The second kappa shape index (κ2) is 11.4. The van der Waals surface area contributed by atoms with Gasteiger partial charge in [0, 0.05) is 11.8 Å². The third kappa shape index (κ3) is 6.74. The Morgan fingerprint density at radius 3 is 2.37 bits per heavy atom. The summed E-state index contributed by atoms with van der Waals surface area (Å²) in [4.78, 5) is 12.3. The van der Waals surface area contributed by atoms with Crippen LogP contribution in [-0.4, -0.2) is 32.3 Å². The van der Waals surface area contributed by atoms with Crippen molar-refractivity contribution >= 4 is 17.3 Å². The molecule has 3 aromatic carbocycles. The molecule has 0 bridgehead atoms. The van der Waals surface area contributed by atoms with Crippen molar-refractivity contribution in [2.45, 2.75) is 6.92 Å². The van der Waals surface area contributed by atoms with E-state index in [0.717, 1.165) is 17.2 Å². The summed E-state index contributed by atoms with van der Waals surface area (Å²) in [6, 6.07) is 24.4. The van der Waals surface area contributed by atoms with E-state index >= 15 is 0 Å². The van der Waals surface area contributed by atoms with Crippen LogP contribution in [0.4, 0.5) is 11.4 Å². The number of amides is 1. The Bertz CT molecular complexity index is 931. The average molecular weight is 406 g/mol. The number of benzene rings is 3. The Balaban J connectivity index is 1.47. The summed E-state index contributed by atoms with van der Waals surface area (Å²) in [6.45, 7) is 3.42. The van der Waals surface area contributed by atoms with E-state index in [1.165, 1.54) is 0 Å². The van der Waals surface area contributed by atoms with Gasteiger partial charge in [0.15, 0.2) is 0 Å². The number of rotatable bonds is 11. The van der Waals surface area contributed by atoms with Crippen molar-refractivity contribution in [1.82, 2.24) is 0 Å². The van der Waals surface area contributed by atoms with E-state index in [2.05, 4.69) is 10.6 Å². The van der Waals surface area contributed by atoms with E-state index < -0.39 is 0 Å². The van der Waals surface area contributed by atoms with Crippen molar-refractivity contribution in [2.24, 2.45) is 0 Å². The van der Waals surface area contributed by atoms with Gasteiger partial charge in [-0.25, -0.2) is 0 Å². The molecule has 0 aliphatic carbocycles. The van der Waals surface area contributed by atoms with E-state index in [1.807, 2.05) is 79.7 Å². The number of ether oxygens (including phenoxy) is 3. The number of para-hydroxylation sites is 3. The topological polar surface area (TPSA) is 68.8 Å². The number of hydrogen-bond donors (Lipinski definition) is 2. The zero-order valence-corrected chi connectivity index (χ0v) is 17.0. The van der Waals surface area contributed by atoms with Crippen LogP contribution in [0.25, 0.3) is 0 Å². The Labute approximate surface area is 176 Å². The van der Waals surface area contributed by atoms with E-state index in [4.69, 9.17) is 14.2 Å². The zero-order chi connectivity index (χ0) is 21.0. The number of carbonyl (C=O) groups excluding carboxylic acids is 1. The van der Waals surface area contributed by atoms with Crippen LogP contribution in [0.15, 0.2) is 78.9 Å². The monoisotopic (exact) mass is 406 g/mol. The SMILES string of the molecule is CCOc1cccc(NC(=O)CNc2ccccc2OCCOc2ccccc2)c1. The molecule has 0 heterocycles. The molecule has 0 saturated heterocycles. The summed E-state index contributed by atoms with van der Waals surface area (Å²) in [5.74, 6) is 2.03. The molecule has 0 atom stereocenters. The Hall–Kier alpha value is -3.67.